The minimum atomic E-state index is -0.919. The fraction of sp³-hybridized carbons (Fsp3) is 0.227. The van der Waals surface area contributed by atoms with Gasteiger partial charge in [-0.05, 0) is 24.1 Å². The summed E-state index contributed by atoms with van der Waals surface area (Å²) < 4.78 is 0. The van der Waals surface area contributed by atoms with Crippen molar-refractivity contribution >= 4 is 23.5 Å². The van der Waals surface area contributed by atoms with Crippen molar-refractivity contribution in [1.82, 2.24) is 9.97 Å². The van der Waals surface area contributed by atoms with Gasteiger partial charge in [-0.25, -0.2) is 14.8 Å². The Kier molecular flexibility index (Phi) is 6.66. The van der Waals surface area contributed by atoms with Crippen LogP contribution in [0.3, 0.4) is 0 Å². The van der Waals surface area contributed by atoms with Crippen molar-refractivity contribution in [3.05, 3.63) is 71.8 Å². The molecule has 1 aromatic heterocycles. The van der Waals surface area contributed by atoms with Gasteiger partial charge in [0, 0.05) is 31.0 Å². The quantitative estimate of drug-likeness (QED) is 0.430. The molecule has 1 heterocycles. The molecule has 0 aliphatic heterocycles. The Morgan fingerprint density at radius 2 is 1.86 bits per heavy atom. The van der Waals surface area contributed by atoms with Gasteiger partial charge in [0.05, 0.1) is 11.3 Å². The van der Waals surface area contributed by atoms with E-state index in [-0.39, 0.29) is 0 Å². The summed E-state index contributed by atoms with van der Waals surface area (Å²) in [4.78, 5) is 22.7. The second-order valence-corrected chi connectivity index (χ2v) is 7.42. The predicted molar refractivity (Wildman–Crippen MR) is 114 cm³/mol. The van der Waals surface area contributed by atoms with E-state index in [0.29, 0.717) is 16.5 Å². The molecule has 0 aliphatic carbocycles. The molecule has 2 aromatic carbocycles. The Morgan fingerprint density at radius 3 is 2.57 bits per heavy atom. The zero-order chi connectivity index (χ0) is 19.9. The average Bonchev–Trinajstić information content (AvgIpc) is 2.73. The van der Waals surface area contributed by atoms with E-state index < -0.39 is 5.97 Å². The number of aromatic carboxylic acids is 1. The molecule has 0 fully saturated rings. The molecule has 3 aromatic rings. The molecule has 28 heavy (non-hydrogen) atoms. The summed E-state index contributed by atoms with van der Waals surface area (Å²) in [6.45, 7) is 3.05. The van der Waals surface area contributed by atoms with Gasteiger partial charge < -0.3 is 10.0 Å². The van der Waals surface area contributed by atoms with Crippen LogP contribution in [0.1, 0.15) is 29.3 Å². The van der Waals surface area contributed by atoms with Gasteiger partial charge in [-0.1, -0.05) is 61.2 Å². The van der Waals surface area contributed by atoms with Gasteiger partial charge in [0.25, 0.3) is 0 Å². The normalized spacial score (nSPS) is 10.6. The Labute approximate surface area is 169 Å². The summed E-state index contributed by atoms with van der Waals surface area (Å²) in [5.41, 5.74) is 3.16. The van der Waals surface area contributed by atoms with Crippen molar-refractivity contribution < 1.29 is 9.90 Å². The van der Waals surface area contributed by atoms with Gasteiger partial charge in [0.1, 0.15) is 5.82 Å². The monoisotopic (exact) mass is 393 g/mol. The number of rotatable bonds is 8. The molecule has 1 N–H and O–H groups in total. The number of aromatic nitrogens is 2. The lowest BCUT2D eigenvalue weighted by molar-refractivity contribution is 0.0697. The van der Waals surface area contributed by atoms with E-state index in [2.05, 4.69) is 11.8 Å². The van der Waals surface area contributed by atoms with Crippen LogP contribution in [0.15, 0.2) is 65.8 Å². The molecule has 5 nitrogen and oxygen atoms in total. The third-order valence-corrected chi connectivity index (χ3v) is 5.17. The lowest BCUT2D eigenvalue weighted by Crippen LogP contribution is -2.19. The highest BCUT2D eigenvalue weighted by atomic mass is 32.2. The highest BCUT2D eigenvalue weighted by molar-refractivity contribution is 7.98. The Morgan fingerprint density at radius 1 is 1.07 bits per heavy atom. The zero-order valence-electron chi connectivity index (χ0n) is 16.0. The minimum Gasteiger partial charge on any atom is -0.478 e. The van der Waals surface area contributed by atoms with Gasteiger partial charge >= 0.3 is 5.97 Å². The Hall–Kier alpha value is -2.86. The lowest BCUT2D eigenvalue weighted by Gasteiger charge is -2.18. The number of nitrogens with zero attached hydrogens (tertiary/aromatic N) is 3. The van der Waals surface area contributed by atoms with Gasteiger partial charge in [-0.15, -0.1) is 0 Å². The largest absolute Gasteiger partial charge is 0.478 e. The van der Waals surface area contributed by atoms with E-state index in [0.717, 1.165) is 35.6 Å². The maximum absolute atomic E-state index is 11.2. The van der Waals surface area contributed by atoms with Gasteiger partial charge in [-0.2, -0.15) is 0 Å². The summed E-state index contributed by atoms with van der Waals surface area (Å²) in [5.74, 6) is 0.575. The molecule has 0 spiro atoms. The number of hydrogen-bond donors (Lipinski definition) is 1. The molecule has 0 atom stereocenters. The molecule has 0 bridgehead atoms. The van der Waals surface area contributed by atoms with E-state index in [1.807, 2.05) is 49.5 Å². The number of anilines is 1. The summed E-state index contributed by atoms with van der Waals surface area (Å²) in [5, 5.41) is 9.85. The number of hydrogen-bond acceptors (Lipinski definition) is 5. The van der Waals surface area contributed by atoms with E-state index in [1.165, 1.54) is 11.8 Å². The topological polar surface area (TPSA) is 66.3 Å². The first-order chi connectivity index (χ1) is 13.6. The molecule has 0 saturated carbocycles. The maximum Gasteiger partial charge on any atom is 0.335 e. The smallest absolute Gasteiger partial charge is 0.335 e. The van der Waals surface area contributed by atoms with Crippen molar-refractivity contribution in [2.24, 2.45) is 0 Å². The van der Waals surface area contributed by atoms with Gasteiger partial charge in [0.15, 0.2) is 5.16 Å². The molecule has 0 unspecified atom stereocenters. The van der Waals surface area contributed by atoms with Crippen LogP contribution in [0.25, 0.3) is 11.3 Å². The van der Waals surface area contributed by atoms with Crippen molar-refractivity contribution in [1.29, 1.82) is 0 Å². The maximum atomic E-state index is 11.2. The molecule has 0 radical (unpaired) electrons. The van der Waals surface area contributed by atoms with E-state index >= 15 is 0 Å². The minimum absolute atomic E-state index is 0.292. The van der Waals surface area contributed by atoms with E-state index in [1.54, 1.807) is 18.2 Å². The van der Waals surface area contributed by atoms with Crippen molar-refractivity contribution in [2.75, 3.05) is 18.5 Å². The third-order valence-electron chi connectivity index (χ3n) is 4.25. The Bertz CT molecular complexity index is 948. The predicted octanol–water partition coefficient (Wildman–Crippen LogP) is 4.98. The number of thioether (sulfide) groups is 1. The number of carboxylic acid groups (broad SMARTS) is 1. The van der Waals surface area contributed by atoms with Crippen LogP contribution >= 0.6 is 11.8 Å². The fourth-order valence-corrected chi connectivity index (χ4v) is 3.62. The number of carboxylic acids is 1. The molecule has 0 saturated heterocycles. The van der Waals surface area contributed by atoms with E-state index in [4.69, 9.17) is 15.1 Å². The second-order valence-electron chi connectivity index (χ2n) is 6.48. The summed E-state index contributed by atoms with van der Waals surface area (Å²) in [6.07, 6.45) is 1.03. The summed E-state index contributed by atoms with van der Waals surface area (Å²) in [7, 11) is 2.03. The van der Waals surface area contributed by atoms with Crippen LogP contribution in [0, 0.1) is 0 Å². The standard InChI is InChI=1S/C22H23N3O2S/c1-3-12-25(2)20-14-19(17-9-5-4-6-10-17)23-22(24-20)28-15-16-8-7-11-18(13-16)21(26)27/h4-11,13-14H,3,12,15H2,1-2H3,(H,26,27). The Balaban J connectivity index is 1.88. The van der Waals surface area contributed by atoms with Crippen LogP contribution in [0.4, 0.5) is 5.82 Å². The van der Waals surface area contributed by atoms with Crippen LogP contribution in [0.2, 0.25) is 0 Å². The third kappa shape index (κ3) is 5.10. The van der Waals surface area contributed by atoms with Crippen molar-refractivity contribution in [2.45, 2.75) is 24.3 Å². The summed E-state index contributed by atoms with van der Waals surface area (Å²) in [6, 6.07) is 19.1. The first kappa shape index (κ1) is 19.9. The van der Waals surface area contributed by atoms with Crippen molar-refractivity contribution in [3.8, 4) is 11.3 Å². The number of benzene rings is 2. The van der Waals surface area contributed by atoms with Crippen LogP contribution in [0.5, 0.6) is 0 Å². The molecule has 3 rings (SSSR count). The average molecular weight is 394 g/mol. The van der Waals surface area contributed by atoms with Crippen LogP contribution in [-0.2, 0) is 5.75 Å². The molecular weight excluding hydrogens is 370 g/mol. The van der Waals surface area contributed by atoms with Gasteiger partial charge in [0.2, 0.25) is 0 Å². The van der Waals surface area contributed by atoms with Crippen molar-refractivity contribution in [3.63, 3.8) is 0 Å². The molecule has 144 valence electrons. The van der Waals surface area contributed by atoms with E-state index in [9.17, 15) is 4.79 Å². The zero-order valence-corrected chi connectivity index (χ0v) is 16.8. The molecule has 0 amide bonds. The molecule has 6 heteroatoms. The highest BCUT2D eigenvalue weighted by Crippen LogP contribution is 2.27. The van der Waals surface area contributed by atoms with Crippen LogP contribution < -0.4 is 4.90 Å². The first-order valence-corrected chi connectivity index (χ1v) is 10.2. The second kappa shape index (κ2) is 9.37. The summed E-state index contributed by atoms with van der Waals surface area (Å²) >= 11 is 1.51. The lowest BCUT2D eigenvalue weighted by atomic mass is 10.1. The van der Waals surface area contributed by atoms with Gasteiger partial charge in [-0.3, -0.25) is 0 Å². The SMILES string of the molecule is CCCN(C)c1cc(-c2ccccc2)nc(SCc2cccc(C(=O)O)c2)n1. The molecule has 0 aliphatic rings. The number of carbonyl (C=O) groups is 1. The highest BCUT2D eigenvalue weighted by Gasteiger charge is 2.11. The fourth-order valence-electron chi connectivity index (χ4n) is 2.82. The first-order valence-electron chi connectivity index (χ1n) is 9.17. The van der Waals surface area contributed by atoms with Crippen LogP contribution in [-0.4, -0.2) is 34.6 Å². The molecular formula is C22H23N3O2S.